The van der Waals surface area contributed by atoms with E-state index in [1.165, 1.54) is 77.0 Å². The van der Waals surface area contributed by atoms with Crippen molar-refractivity contribution in [3.05, 3.63) is 85.1 Å². The first-order valence-corrected chi connectivity index (χ1v) is 23.7. The standard InChI is InChI=1S/C51H86O9/c1-3-5-7-9-11-13-15-17-19-21-22-23-25-27-29-31-33-35-37-39-41-57-43-45(44-58-51-50(56)49(55)48(54)46(42-52)60-51)59-47(53)40-38-36-34-32-30-28-26-24-20-18-16-14-12-10-8-6-4-2/h6,8,11-14,17-20,26,28,32,34,45-46,48-52,54-56H,3-5,7,9-10,15-16,21-25,27,29-31,33,35-44H2,1-2H3/b8-6-,13-11-,14-12-,19-17-,20-18-,28-26-,34-32-. The molecular weight excluding hydrogens is 757 g/mol. The highest BCUT2D eigenvalue weighted by Crippen LogP contribution is 2.22. The summed E-state index contributed by atoms with van der Waals surface area (Å²) in [6.45, 7) is 4.33. The molecule has 60 heavy (non-hydrogen) atoms. The van der Waals surface area contributed by atoms with Crippen LogP contribution in [0.15, 0.2) is 85.1 Å². The van der Waals surface area contributed by atoms with Crippen molar-refractivity contribution in [3.63, 3.8) is 0 Å². The fourth-order valence-corrected chi connectivity index (χ4v) is 6.62. The molecule has 6 unspecified atom stereocenters. The lowest BCUT2D eigenvalue weighted by atomic mass is 9.99. The monoisotopic (exact) mass is 843 g/mol. The van der Waals surface area contributed by atoms with Crippen LogP contribution in [0, 0.1) is 0 Å². The lowest BCUT2D eigenvalue weighted by Crippen LogP contribution is -2.59. The summed E-state index contributed by atoms with van der Waals surface area (Å²) in [5.41, 5.74) is 0. The van der Waals surface area contributed by atoms with E-state index in [1.807, 2.05) is 0 Å². The predicted molar refractivity (Wildman–Crippen MR) is 247 cm³/mol. The van der Waals surface area contributed by atoms with E-state index in [4.69, 9.17) is 18.9 Å². The van der Waals surface area contributed by atoms with Crippen LogP contribution in [0.25, 0.3) is 0 Å². The van der Waals surface area contributed by atoms with Crippen LogP contribution in [-0.2, 0) is 23.7 Å². The summed E-state index contributed by atoms with van der Waals surface area (Å²) in [6, 6.07) is 0. The molecule has 0 aromatic rings. The van der Waals surface area contributed by atoms with Gasteiger partial charge in [-0.25, -0.2) is 0 Å². The van der Waals surface area contributed by atoms with Gasteiger partial charge in [0.1, 0.15) is 30.5 Å². The molecule has 0 radical (unpaired) electrons. The van der Waals surface area contributed by atoms with Crippen LogP contribution in [0.2, 0.25) is 0 Å². The van der Waals surface area contributed by atoms with Crippen LogP contribution in [-0.4, -0.2) is 89.6 Å². The van der Waals surface area contributed by atoms with Gasteiger partial charge in [0.25, 0.3) is 0 Å². The number of aliphatic hydroxyl groups is 4. The number of unbranched alkanes of at least 4 members (excludes halogenated alkanes) is 14. The van der Waals surface area contributed by atoms with Gasteiger partial charge in [-0.05, 0) is 83.5 Å². The predicted octanol–water partition coefficient (Wildman–Crippen LogP) is 11.0. The highest BCUT2D eigenvalue weighted by Gasteiger charge is 2.44. The van der Waals surface area contributed by atoms with Gasteiger partial charge in [-0.2, -0.15) is 0 Å². The van der Waals surface area contributed by atoms with E-state index in [0.29, 0.717) is 13.0 Å². The smallest absolute Gasteiger partial charge is 0.306 e. The molecule has 1 aliphatic rings. The van der Waals surface area contributed by atoms with Gasteiger partial charge >= 0.3 is 5.97 Å². The summed E-state index contributed by atoms with van der Waals surface area (Å²) in [5.74, 6) is -0.373. The second-order valence-electron chi connectivity index (χ2n) is 15.8. The Kier molecular flexibility index (Phi) is 38.5. The molecule has 0 saturated carbocycles. The third-order valence-corrected chi connectivity index (χ3v) is 10.3. The third kappa shape index (κ3) is 32.1. The summed E-state index contributed by atoms with van der Waals surface area (Å²) in [5, 5.41) is 40.2. The van der Waals surface area contributed by atoms with Gasteiger partial charge in [-0.15, -0.1) is 0 Å². The normalized spacial score (nSPS) is 20.8. The zero-order chi connectivity index (χ0) is 43.6. The fraction of sp³-hybridized carbons (Fsp3) is 0.706. The Labute approximate surface area is 365 Å². The molecule has 1 fully saturated rings. The van der Waals surface area contributed by atoms with Crippen LogP contribution >= 0.6 is 0 Å². The first-order valence-electron chi connectivity index (χ1n) is 23.7. The van der Waals surface area contributed by atoms with Crippen LogP contribution in [0.1, 0.15) is 168 Å². The van der Waals surface area contributed by atoms with Crippen molar-refractivity contribution in [1.29, 1.82) is 0 Å². The molecule has 9 heteroatoms. The third-order valence-electron chi connectivity index (χ3n) is 10.3. The van der Waals surface area contributed by atoms with Crippen LogP contribution in [0.3, 0.4) is 0 Å². The fourth-order valence-electron chi connectivity index (χ4n) is 6.62. The summed E-state index contributed by atoms with van der Waals surface area (Å²) in [4.78, 5) is 12.8. The van der Waals surface area contributed by atoms with Crippen LogP contribution in [0.5, 0.6) is 0 Å². The maximum Gasteiger partial charge on any atom is 0.306 e. The molecule has 4 N–H and O–H groups in total. The highest BCUT2D eigenvalue weighted by atomic mass is 16.7. The summed E-state index contributed by atoms with van der Waals surface area (Å²) in [7, 11) is 0. The summed E-state index contributed by atoms with van der Waals surface area (Å²) in [6.07, 6.45) is 49.0. The Bertz CT molecular complexity index is 1190. The highest BCUT2D eigenvalue weighted by molar-refractivity contribution is 5.69. The number of allylic oxidation sites excluding steroid dienone is 14. The van der Waals surface area contributed by atoms with Crippen molar-refractivity contribution in [2.75, 3.05) is 26.4 Å². The zero-order valence-corrected chi connectivity index (χ0v) is 37.7. The number of carbonyl (C=O) groups is 1. The molecule has 1 aliphatic heterocycles. The molecular formula is C51H86O9. The number of esters is 1. The Hall–Kier alpha value is -2.63. The van der Waals surface area contributed by atoms with Crippen molar-refractivity contribution < 1.29 is 44.2 Å². The molecule has 0 bridgehead atoms. The maximum absolute atomic E-state index is 12.8. The SMILES string of the molecule is CC/C=C\C/C=C\C/C=C\C/C=C\C/C=C\CCCC(=O)OC(COCCCCCCCCCCCC/C=C\C/C=C\CCCCC)COC1OC(CO)C(O)C(O)C1O. The summed E-state index contributed by atoms with van der Waals surface area (Å²) >= 11 is 0. The van der Waals surface area contributed by atoms with E-state index in [2.05, 4.69) is 98.9 Å². The minimum absolute atomic E-state index is 0.115. The first kappa shape index (κ1) is 55.4. The maximum atomic E-state index is 12.8. The van der Waals surface area contributed by atoms with E-state index in [9.17, 15) is 25.2 Å². The molecule has 344 valence electrons. The molecule has 0 amide bonds. The molecule has 6 atom stereocenters. The van der Waals surface area contributed by atoms with Crippen molar-refractivity contribution in [2.45, 2.75) is 205 Å². The van der Waals surface area contributed by atoms with Gasteiger partial charge in [0.05, 0.1) is 19.8 Å². The molecule has 0 aromatic heterocycles. The van der Waals surface area contributed by atoms with Crippen molar-refractivity contribution in [3.8, 4) is 0 Å². The molecule has 1 saturated heterocycles. The molecule has 1 heterocycles. The lowest BCUT2D eigenvalue weighted by molar-refractivity contribution is -0.305. The minimum atomic E-state index is -1.55. The van der Waals surface area contributed by atoms with E-state index < -0.39 is 43.4 Å². The second-order valence-corrected chi connectivity index (χ2v) is 15.8. The first-order chi connectivity index (χ1) is 29.4. The number of ether oxygens (including phenoxy) is 4. The molecule has 0 spiro atoms. The molecule has 0 aliphatic carbocycles. The van der Waals surface area contributed by atoms with Crippen LogP contribution in [0.4, 0.5) is 0 Å². The van der Waals surface area contributed by atoms with Gasteiger partial charge in [0, 0.05) is 13.0 Å². The van der Waals surface area contributed by atoms with Gasteiger partial charge in [-0.1, -0.05) is 163 Å². The van der Waals surface area contributed by atoms with E-state index in [1.54, 1.807) is 0 Å². The second kappa shape index (κ2) is 41.7. The van der Waals surface area contributed by atoms with E-state index in [-0.39, 0.29) is 25.6 Å². The van der Waals surface area contributed by atoms with Gasteiger partial charge in [0.15, 0.2) is 6.29 Å². The largest absolute Gasteiger partial charge is 0.457 e. The van der Waals surface area contributed by atoms with Crippen LogP contribution < -0.4 is 0 Å². The molecule has 9 nitrogen and oxygen atoms in total. The topological polar surface area (TPSA) is 135 Å². The quantitative estimate of drug-likeness (QED) is 0.0271. The minimum Gasteiger partial charge on any atom is -0.457 e. The number of aliphatic hydroxyl groups excluding tert-OH is 4. The van der Waals surface area contributed by atoms with Crippen molar-refractivity contribution >= 4 is 5.97 Å². The lowest BCUT2D eigenvalue weighted by Gasteiger charge is -2.39. The van der Waals surface area contributed by atoms with E-state index >= 15 is 0 Å². The molecule has 1 rings (SSSR count). The Balaban J connectivity index is 2.29. The Morgan fingerprint density at radius 2 is 1.02 bits per heavy atom. The number of hydrogen-bond acceptors (Lipinski definition) is 9. The average Bonchev–Trinajstić information content (AvgIpc) is 3.25. The molecule has 0 aromatic carbocycles. The Morgan fingerprint density at radius 1 is 0.550 bits per heavy atom. The van der Waals surface area contributed by atoms with Gasteiger partial charge in [0.2, 0.25) is 0 Å². The Morgan fingerprint density at radius 3 is 1.53 bits per heavy atom. The van der Waals surface area contributed by atoms with E-state index in [0.717, 1.165) is 64.2 Å². The zero-order valence-electron chi connectivity index (χ0n) is 37.7. The van der Waals surface area contributed by atoms with Crippen molar-refractivity contribution in [2.24, 2.45) is 0 Å². The number of carbonyl (C=O) groups excluding carboxylic acids is 1. The summed E-state index contributed by atoms with van der Waals surface area (Å²) < 4.78 is 22.8. The number of rotatable bonds is 39. The van der Waals surface area contributed by atoms with Gasteiger partial charge < -0.3 is 39.4 Å². The van der Waals surface area contributed by atoms with Crippen molar-refractivity contribution in [1.82, 2.24) is 0 Å². The average molecular weight is 843 g/mol. The van der Waals surface area contributed by atoms with Gasteiger partial charge in [-0.3, -0.25) is 4.79 Å². The number of hydrogen-bond donors (Lipinski definition) is 4.